The van der Waals surface area contributed by atoms with Gasteiger partial charge in [0.2, 0.25) is 0 Å². The molecule has 8 heteroatoms. The number of carbonyl (C=O) groups excluding carboxylic acids is 2. The molecule has 0 atom stereocenters. The Morgan fingerprint density at radius 3 is 2.58 bits per heavy atom. The standard InChI is InChI=1S/C23H21N3O3S2/c1-5-29-23(28)19-14(3)20(15(4)27)31-22(19)25-11-17(10-24)21-26-18(12-30-21)16-8-6-13(2)7-9-16/h6-9,11-12,25H,5H2,1-4H3. The SMILES string of the molecule is CCOC(=O)c1c(NC=C(C#N)c2nc(-c3ccc(C)cc3)cs2)sc(C(C)=O)c1C. The normalized spacial score (nSPS) is 11.1. The zero-order valence-electron chi connectivity index (χ0n) is 17.6. The number of thiazole rings is 1. The van der Waals surface area contributed by atoms with Crippen LogP contribution in [0.4, 0.5) is 5.00 Å². The summed E-state index contributed by atoms with van der Waals surface area (Å²) in [6, 6.07) is 10.2. The van der Waals surface area contributed by atoms with E-state index in [1.54, 1.807) is 13.8 Å². The Kier molecular flexibility index (Phi) is 7.00. The molecule has 0 aliphatic heterocycles. The van der Waals surface area contributed by atoms with Gasteiger partial charge >= 0.3 is 5.97 Å². The number of esters is 1. The largest absolute Gasteiger partial charge is 0.462 e. The van der Waals surface area contributed by atoms with Gasteiger partial charge in [0.05, 0.1) is 22.7 Å². The fourth-order valence-corrected chi connectivity index (χ4v) is 4.79. The van der Waals surface area contributed by atoms with E-state index < -0.39 is 5.97 Å². The Morgan fingerprint density at radius 2 is 1.97 bits per heavy atom. The highest BCUT2D eigenvalue weighted by molar-refractivity contribution is 7.18. The van der Waals surface area contributed by atoms with Gasteiger partial charge in [0.15, 0.2) is 5.78 Å². The summed E-state index contributed by atoms with van der Waals surface area (Å²) in [5.41, 5.74) is 4.14. The molecule has 1 aromatic carbocycles. The quantitative estimate of drug-likeness (QED) is 0.275. The molecule has 0 radical (unpaired) electrons. The van der Waals surface area contributed by atoms with Crippen molar-refractivity contribution in [1.29, 1.82) is 5.26 Å². The van der Waals surface area contributed by atoms with Crippen LogP contribution in [0.3, 0.4) is 0 Å². The number of aromatic nitrogens is 1. The molecule has 2 aromatic heterocycles. The molecular formula is C23H21N3O3S2. The van der Waals surface area contributed by atoms with Crippen LogP contribution >= 0.6 is 22.7 Å². The summed E-state index contributed by atoms with van der Waals surface area (Å²) in [6.07, 6.45) is 1.51. The van der Waals surface area contributed by atoms with Crippen molar-refractivity contribution in [2.75, 3.05) is 11.9 Å². The Labute approximate surface area is 188 Å². The molecule has 0 spiro atoms. The maximum absolute atomic E-state index is 12.4. The zero-order valence-corrected chi connectivity index (χ0v) is 19.2. The second kappa shape index (κ2) is 9.69. The maximum Gasteiger partial charge on any atom is 0.341 e. The number of thiophene rings is 1. The lowest BCUT2D eigenvalue weighted by Gasteiger charge is -2.05. The monoisotopic (exact) mass is 451 g/mol. The molecule has 3 aromatic rings. The fraction of sp³-hybridized carbons (Fsp3) is 0.217. The lowest BCUT2D eigenvalue weighted by Crippen LogP contribution is -2.08. The predicted octanol–water partition coefficient (Wildman–Crippen LogP) is 5.84. The van der Waals surface area contributed by atoms with Gasteiger partial charge in [-0.25, -0.2) is 9.78 Å². The molecule has 0 saturated carbocycles. The van der Waals surface area contributed by atoms with Crippen molar-refractivity contribution in [3.63, 3.8) is 0 Å². The van der Waals surface area contributed by atoms with Crippen molar-refractivity contribution >= 4 is 45.0 Å². The van der Waals surface area contributed by atoms with E-state index in [2.05, 4.69) is 16.4 Å². The van der Waals surface area contributed by atoms with Crippen molar-refractivity contribution in [3.05, 3.63) is 62.4 Å². The number of nitrogens with one attached hydrogen (secondary N) is 1. The number of allylic oxidation sites excluding steroid dienone is 1. The number of nitriles is 1. The number of carbonyl (C=O) groups is 2. The van der Waals surface area contributed by atoms with Gasteiger partial charge in [0.25, 0.3) is 0 Å². The highest BCUT2D eigenvalue weighted by Crippen LogP contribution is 2.35. The molecule has 2 heterocycles. The Balaban J connectivity index is 1.92. The van der Waals surface area contributed by atoms with Gasteiger partial charge in [0.1, 0.15) is 21.7 Å². The van der Waals surface area contributed by atoms with E-state index in [1.807, 2.05) is 36.6 Å². The van der Waals surface area contributed by atoms with Crippen LogP contribution < -0.4 is 5.32 Å². The van der Waals surface area contributed by atoms with Gasteiger partial charge in [-0.3, -0.25) is 4.79 Å². The number of rotatable bonds is 7. The Morgan fingerprint density at radius 1 is 1.26 bits per heavy atom. The molecule has 6 nitrogen and oxygen atoms in total. The molecule has 3 rings (SSSR count). The molecule has 158 valence electrons. The highest BCUT2D eigenvalue weighted by Gasteiger charge is 2.24. The summed E-state index contributed by atoms with van der Waals surface area (Å²) in [4.78, 5) is 29.4. The van der Waals surface area contributed by atoms with Crippen molar-refractivity contribution < 1.29 is 14.3 Å². The number of ether oxygens (including phenoxy) is 1. The van der Waals surface area contributed by atoms with Crippen LogP contribution in [-0.4, -0.2) is 23.3 Å². The highest BCUT2D eigenvalue weighted by atomic mass is 32.1. The van der Waals surface area contributed by atoms with Gasteiger partial charge in [-0.05, 0) is 33.3 Å². The van der Waals surface area contributed by atoms with E-state index >= 15 is 0 Å². The zero-order chi connectivity index (χ0) is 22.5. The van der Waals surface area contributed by atoms with E-state index in [9.17, 15) is 14.9 Å². The van der Waals surface area contributed by atoms with E-state index in [4.69, 9.17) is 4.74 Å². The van der Waals surface area contributed by atoms with Crippen molar-refractivity contribution in [3.8, 4) is 17.3 Å². The number of benzene rings is 1. The molecular weight excluding hydrogens is 430 g/mol. The Hall–Kier alpha value is -3.28. The molecule has 0 amide bonds. The van der Waals surface area contributed by atoms with Crippen LogP contribution in [0.15, 0.2) is 35.8 Å². The number of Topliss-reactive ketones (excluding diaryl/α,β-unsaturated/α-hetero) is 1. The number of hydrogen-bond donors (Lipinski definition) is 1. The molecule has 0 bridgehead atoms. The third-order valence-corrected chi connectivity index (χ3v) is 6.70. The van der Waals surface area contributed by atoms with E-state index in [-0.39, 0.29) is 12.4 Å². The fourth-order valence-electron chi connectivity index (χ4n) is 2.93. The molecule has 0 aliphatic rings. The minimum atomic E-state index is -0.505. The van der Waals surface area contributed by atoms with Gasteiger partial charge in [-0.15, -0.1) is 22.7 Å². The Bertz CT molecular complexity index is 1200. The minimum Gasteiger partial charge on any atom is -0.462 e. The summed E-state index contributed by atoms with van der Waals surface area (Å²) >= 11 is 2.53. The van der Waals surface area contributed by atoms with Crippen molar-refractivity contribution in [2.45, 2.75) is 27.7 Å². The number of anilines is 1. The molecule has 0 saturated heterocycles. The van der Waals surface area contributed by atoms with E-state index in [0.29, 0.717) is 31.6 Å². The number of ketones is 1. The third kappa shape index (κ3) is 4.90. The molecule has 0 unspecified atom stereocenters. The van der Waals surface area contributed by atoms with E-state index in [0.717, 1.165) is 16.8 Å². The van der Waals surface area contributed by atoms with Crippen LogP contribution in [0.2, 0.25) is 0 Å². The van der Waals surface area contributed by atoms with Gasteiger partial charge in [-0.2, -0.15) is 5.26 Å². The number of hydrogen-bond acceptors (Lipinski definition) is 8. The first-order chi connectivity index (χ1) is 14.8. The molecule has 31 heavy (non-hydrogen) atoms. The van der Waals surface area contributed by atoms with Crippen molar-refractivity contribution in [2.24, 2.45) is 0 Å². The smallest absolute Gasteiger partial charge is 0.341 e. The average Bonchev–Trinajstić information content (AvgIpc) is 3.34. The third-order valence-electron chi connectivity index (χ3n) is 4.50. The average molecular weight is 452 g/mol. The summed E-state index contributed by atoms with van der Waals surface area (Å²) in [5.74, 6) is -0.637. The first-order valence-corrected chi connectivity index (χ1v) is 11.3. The van der Waals surface area contributed by atoms with Crippen LogP contribution in [-0.2, 0) is 4.74 Å². The summed E-state index contributed by atoms with van der Waals surface area (Å²) in [5, 5.41) is 15.6. The first-order valence-electron chi connectivity index (χ1n) is 9.56. The maximum atomic E-state index is 12.4. The minimum absolute atomic E-state index is 0.131. The predicted molar refractivity (Wildman–Crippen MR) is 125 cm³/mol. The molecule has 1 N–H and O–H groups in total. The molecule has 0 aliphatic carbocycles. The lowest BCUT2D eigenvalue weighted by atomic mass is 10.1. The summed E-state index contributed by atoms with van der Waals surface area (Å²) in [6.45, 7) is 7.14. The van der Waals surface area contributed by atoms with Gasteiger partial charge in [0, 0.05) is 17.1 Å². The molecule has 0 fully saturated rings. The summed E-state index contributed by atoms with van der Waals surface area (Å²) < 4.78 is 5.14. The summed E-state index contributed by atoms with van der Waals surface area (Å²) in [7, 11) is 0. The van der Waals surface area contributed by atoms with Crippen molar-refractivity contribution in [1.82, 2.24) is 4.98 Å². The van der Waals surface area contributed by atoms with E-state index in [1.165, 1.54) is 35.8 Å². The van der Waals surface area contributed by atoms with Gasteiger partial charge < -0.3 is 10.1 Å². The van der Waals surface area contributed by atoms with Crippen LogP contribution in [0, 0.1) is 25.2 Å². The number of nitrogens with zero attached hydrogens (tertiary/aromatic N) is 2. The topological polar surface area (TPSA) is 92.1 Å². The second-order valence-corrected chi connectivity index (χ2v) is 8.63. The lowest BCUT2D eigenvalue weighted by molar-refractivity contribution is 0.0527. The van der Waals surface area contributed by atoms with Gasteiger partial charge in [-0.1, -0.05) is 29.8 Å². The first kappa shape index (κ1) is 22.4. The van der Waals surface area contributed by atoms with Crippen LogP contribution in [0.1, 0.15) is 50.0 Å². The van der Waals surface area contributed by atoms with Crippen LogP contribution in [0.5, 0.6) is 0 Å². The number of aryl methyl sites for hydroxylation is 1. The second-order valence-electron chi connectivity index (χ2n) is 6.76. The van der Waals surface area contributed by atoms with Crippen LogP contribution in [0.25, 0.3) is 16.8 Å².